The Balaban J connectivity index is 2.50. The highest BCUT2D eigenvalue weighted by Crippen LogP contribution is 2.09. The van der Waals surface area contributed by atoms with Crippen LogP contribution in [0.25, 0.3) is 0 Å². The highest BCUT2D eigenvalue weighted by atomic mass is 16.2. The van der Waals surface area contributed by atoms with Crippen LogP contribution in [0.1, 0.15) is 26.3 Å². The lowest BCUT2D eigenvalue weighted by molar-refractivity contribution is -0.123. The number of hydrogen-bond donors (Lipinski definition) is 2. The molecule has 124 valence electrons. The fourth-order valence-corrected chi connectivity index (χ4v) is 2.05. The third-order valence-corrected chi connectivity index (χ3v) is 3.15. The first-order valence-electron chi connectivity index (χ1n) is 7.72. The van der Waals surface area contributed by atoms with Gasteiger partial charge in [0.25, 0.3) is 0 Å². The van der Waals surface area contributed by atoms with Gasteiger partial charge in [0.1, 0.15) is 0 Å². The summed E-state index contributed by atoms with van der Waals surface area (Å²) in [5.74, 6) is -0.257. The number of carbonyl (C=O) groups excluding carboxylic acids is 2. The van der Waals surface area contributed by atoms with Crippen LogP contribution in [0.5, 0.6) is 0 Å². The summed E-state index contributed by atoms with van der Waals surface area (Å²) in [6.45, 7) is 6.67. The summed E-state index contributed by atoms with van der Waals surface area (Å²) in [5, 5.41) is 14.2. The fourth-order valence-electron chi connectivity index (χ4n) is 2.05. The van der Waals surface area contributed by atoms with Gasteiger partial charge in [-0.3, -0.25) is 14.5 Å². The molecule has 0 unspecified atom stereocenters. The van der Waals surface area contributed by atoms with E-state index in [4.69, 9.17) is 5.26 Å². The first kappa shape index (κ1) is 18.7. The normalized spacial score (nSPS) is 10.4. The molecular weight excluding hydrogens is 292 g/mol. The molecule has 0 atom stereocenters. The average Bonchev–Trinajstić information content (AvgIpc) is 2.48. The summed E-state index contributed by atoms with van der Waals surface area (Å²) in [6, 6.07) is 9.33. The van der Waals surface area contributed by atoms with Crippen LogP contribution in [-0.2, 0) is 16.0 Å². The van der Waals surface area contributed by atoms with Crippen LogP contribution >= 0.6 is 0 Å². The van der Waals surface area contributed by atoms with Crippen molar-refractivity contribution < 1.29 is 9.59 Å². The Morgan fingerprint density at radius 2 is 1.78 bits per heavy atom. The Morgan fingerprint density at radius 1 is 1.17 bits per heavy atom. The molecule has 0 aliphatic heterocycles. The van der Waals surface area contributed by atoms with Crippen molar-refractivity contribution in [1.82, 2.24) is 10.2 Å². The first-order chi connectivity index (χ1) is 10.9. The summed E-state index contributed by atoms with van der Waals surface area (Å²) in [7, 11) is 0. The fraction of sp³-hybridized carbons (Fsp3) is 0.471. The van der Waals surface area contributed by atoms with Crippen LogP contribution in [0.15, 0.2) is 24.3 Å². The second kappa shape index (κ2) is 9.59. The lowest BCUT2D eigenvalue weighted by Crippen LogP contribution is -2.42. The first-order valence-corrected chi connectivity index (χ1v) is 7.72. The van der Waals surface area contributed by atoms with Crippen LogP contribution in [0.2, 0.25) is 0 Å². The van der Waals surface area contributed by atoms with Crippen molar-refractivity contribution in [2.24, 2.45) is 0 Å². The van der Waals surface area contributed by atoms with Crippen molar-refractivity contribution in [2.45, 2.75) is 33.2 Å². The molecule has 0 saturated carbocycles. The van der Waals surface area contributed by atoms with Crippen LogP contribution in [0, 0.1) is 11.3 Å². The largest absolute Gasteiger partial charge is 0.353 e. The van der Waals surface area contributed by atoms with Crippen molar-refractivity contribution in [2.75, 3.05) is 25.0 Å². The molecule has 2 amide bonds. The smallest absolute Gasteiger partial charge is 0.238 e. The number of hydrogen-bond acceptors (Lipinski definition) is 4. The molecule has 6 heteroatoms. The maximum absolute atomic E-state index is 12.1. The summed E-state index contributed by atoms with van der Waals surface area (Å²) in [6.07, 6.45) is 0.350. The van der Waals surface area contributed by atoms with E-state index in [9.17, 15) is 9.59 Å². The number of anilines is 1. The minimum absolute atomic E-state index is 0.0851. The molecule has 1 aromatic carbocycles. The van der Waals surface area contributed by atoms with E-state index in [1.54, 1.807) is 17.0 Å². The van der Waals surface area contributed by atoms with Crippen molar-refractivity contribution in [1.29, 1.82) is 5.26 Å². The summed E-state index contributed by atoms with van der Waals surface area (Å²) in [4.78, 5) is 25.6. The molecule has 6 nitrogen and oxygen atoms in total. The molecular formula is C17H24N4O2. The van der Waals surface area contributed by atoms with E-state index < -0.39 is 0 Å². The van der Waals surface area contributed by atoms with Crippen molar-refractivity contribution in [3.8, 4) is 6.07 Å². The maximum atomic E-state index is 12.1. The summed E-state index contributed by atoms with van der Waals surface area (Å²) >= 11 is 0. The van der Waals surface area contributed by atoms with E-state index in [1.807, 2.05) is 32.9 Å². The van der Waals surface area contributed by atoms with Gasteiger partial charge in [0, 0.05) is 11.7 Å². The number of carbonyl (C=O) groups is 2. The van der Waals surface area contributed by atoms with E-state index in [-0.39, 0.29) is 30.9 Å². The monoisotopic (exact) mass is 316 g/mol. The topological polar surface area (TPSA) is 85.2 Å². The SMILES string of the molecule is CCN(CC(=O)Nc1ccc(CC#N)cc1)CC(=O)NC(C)C. The van der Waals surface area contributed by atoms with Gasteiger partial charge in [0.05, 0.1) is 25.6 Å². The van der Waals surface area contributed by atoms with Gasteiger partial charge in [-0.05, 0) is 38.1 Å². The Bertz CT molecular complexity index is 561. The van der Waals surface area contributed by atoms with Gasteiger partial charge in [-0.2, -0.15) is 5.26 Å². The quantitative estimate of drug-likeness (QED) is 0.762. The van der Waals surface area contributed by atoms with Gasteiger partial charge in [0.15, 0.2) is 0 Å². The number of likely N-dealkylation sites (N-methyl/N-ethyl adjacent to an activating group) is 1. The van der Waals surface area contributed by atoms with Crippen LogP contribution in [-0.4, -0.2) is 42.4 Å². The number of benzene rings is 1. The molecule has 0 bridgehead atoms. The number of nitrogens with one attached hydrogen (secondary N) is 2. The predicted octanol–water partition coefficient (Wildman–Crippen LogP) is 1.54. The molecule has 0 aliphatic rings. The minimum atomic E-state index is -0.169. The second-order valence-corrected chi connectivity index (χ2v) is 5.61. The van der Waals surface area contributed by atoms with Crippen LogP contribution in [0.4, 0.5) is 5.69 Å². The molecule has 2 N–H and O–H groups in total. The molecule has 1 aromatic rings. The lowest BCUT2D eigenvalue weighted by Gasteiger charge is -2.20. The number of rotatable bonds is 8. The van der Waals surface area contributed by atoms with Gasteiger partial charge in [-0.1, -0.05) is 19.1 Å². The number of nitriles is 1. The Morgan fingerprint density at radius 3 is 2.30 bits per heavy atom. The van der Waals surface area contributed by atoms with Gasteiger partial charge < -0.3 is 10.6 Å². The highest BCUT2D eigenvalue weighted by molar-refractivity contribution is 5.92. The maximum Gasteiger partial charge on any atom is 0.238 e. The van der Waals surface area contributed by atoms with E-state index in [0.717, 1.165) is 5.56 Å². The third kappa shape index (κ3) is 7.43. The van der Waals surface area contributed by atoms with Gasteiger partial charge in [-0.25, -0.2) is 0 Å². The molecule has 0 fully saturated rings. The average molecular weight is 316 g/mol. The third-order valence-electron chi connectivity index (χ3n) is 3.15. The second-order valence-electron chi connectivity index (χ2n) is 5.61. The number of nitrogens with zero attached hydrogens (tertiary/aromatic N) is 2. The van der Waals surface area contributed by atoms with Gasteiger partial charge in [-0.15, -0.1) is 0 Å². The molecule has 0 aromatic heterocycles. The molecule has 0 aliphatic carbocycles. The van der Waals surface area contributed by atoms with Gasteiger partial charge >= 0.3 is 0 Å². The van der Waals surface area contributed by atoms with E-state index in [1.165, 1.54) is 0 Å². The number of amides is 2. The lowest BCUT2D eigenvalue weighted by atomic mass is 10.1. The van der Waals surface area contributed by atoms with E-state index in [0.29, 0.717) is 18.7 Å². The molecule has 1 rings (SSSR count). The molecule has 0 spiro atoms. The summed E-state index contributed by atoms with van der Waals surface area (Å²) in [5.41, 5.74) is 1.59. The van der Waals surface area contributed by atoms with Crippen LogP contribution < -0.4 is 10.6 Å². The van der Waals surface area contributed by atoms with Crippen molar-refractivity contribution in [3.63, 3.8) is 0 Å². The Labute approximate surface area is 137 Å². The zero-order valence-electron chi connectivity index (χ0n) is 13.9. The highest BCUT2D eigenvalue weighted by Gasteiger charge is 2.13. The minimum Gasteiger partial charge on any atom is -0.353 e. The Hall–Kier alpha value is -2.39. The zero-order chi connectivity index (χ0) is 17.2. The molecule has 0 radical (unpaired) electrons. The van der Waals surface area contributed by atoms with Crippen molar-refractivity contribution in [3.05, 3.63) is 29.8 Å². The van der Waals surface area contributed by atoms with E-state index >= 15 is 0 Å². The van der Waals surface area contributed by atoms with E-state index in [2.05, 4.69) is 16.7 Å². The Kier molecular flexibility index (Phi) is 7.78. The molecule has 0 saturated heterocycles. The van der Waals surface area contributed by atoms with Crippen LogP contribution in [0.3, 0.4) is 0 Å². The summed E-state index contributed by atoms with van der Waals surface area (Å²) < 4.78 is 0. The van der Waals surface area contributed by atoms with Crippen molar-refractivity contribution >= 4 is 17.5 Å². The van der Waals surface area contributed by atoms with Gasteiger partial charge in [0.2, 0.25) is 11.8 Å². The predicted molar refractivity (Wildman–Crippen MR) is 89.8 cm³/mol. The molecule has 0 heterocycles. The molecule has 23 heavy (non-hydrogen) atoms. The zero-order valence-corrected chi connectivity index (χ0v) is 13.9. The standard InChI is InChI=1S/C17H24N4O2/c1-4-21(11-16(22)19-13(2)3)12-17(23)20-15-7-5-14(6-8-15)9-10-18/h5-8,13H,4,9,11-12H2,1-3H3,(H,19,22)(H,20,23).